The van der Waals surface area contributed by atoms with E-state index in [0.29, 0.717) is 66.2 Å². The average Bonchev–Trinajstić information content (AvgIpc) is 3.95. The second kappa shape index (κ2) is 28.9. The molecule has 0 aromatic rings. The minimum atomic E-state index is -1.50. The van der Waals surface area contributed by atoms with Crippen molar-refractivity contribution in [3.63, 3.8) is 0 Å². The fraction of sp³-hybridized carbons (Fsp3) is 0.788. The van der Waals surface area contributed by atoms with Gasteiger partial charge in [0.15, 0.2) is 0 Å². The van der Waals surface area contributed by atoms with E-state index in [-0.39, 0.29) is 136 Å². The zero-order chi connectivity index (χ0) is 56.1. The van der Waals surface area contributed by atoms with Crippen LogP contribution in [0.2, 0.25) is 0 Å². The van der Waals surface area contributed by atoms with E-state index in [1.807, 2.05) is 6.92 Å². The number of fused-ring (bicyclic) bond motifs is 5. The Balaban J connectivity index is 0.0000128. The molecule has 12 atom stereocenters. The molecule has 77 heavy (non-hydrogen) atoms. The number of aliphatic hydroxyl groups is 2. The molecule has 7 amide bonds. The number of cyclic esters (lactones) is 1. The van der Waals surface area contributed by atoms with Crippen molar-refractivity contribution in [2.24, 2.45) is 34.5 Å². The van der Waals surface area contributed by atoms with Gasteiger partial charge in [0.05, 0.1) is 17.8 Å². The van der Waals surface area contributed by atoms with Gasteiger partial charge in [-0.3, -0.25) is 49.2 Å². The van der Waals surface area contributed by atoms with Gasteiger partial charge < -0.3 is 46.1 Å². The molecular weight excluding hydrogens is 1050 g/mol. The number of amides is 7. The van der Waals surface area contributed by atoms with E-state index in [0.717, 1.165) is 58.4 Å². The summed E-state index contributed by atoms with van der Waals surface area (Å²) in [7, 11) is 0. The van der Waals surface area contributed by atoms with Crippen LogP contribution in [0.15, 0.2) is 11.6 Å². The zero-order valence-electron chi connectivity index (χ0n) is 45.1. The van der Waals surface area contributed by atoms with E-state index < -0.39 is 76.7 Å². The first kappa shape index (κ1) is 64.8. The van der Waals surface area contributed by atoms with Crippen LogP contribution in [0.4, 0.5) is 0 Å². The van der Waals surface area contributed by atoms with Crippen LogP contribution in [0.3, 0.4) is 0 Å². The molecule has 1 aliphatic heterocycles. The number of carboxylic acids is 1. The summed E-state index contributed by atoms with van der Waals surface area (Å²) in [4.78, 5) is 112. The molecule has 436 valence electrons. The molecular formula is C52H83FeN7O17. The van der Waals surface area contributed by atoms with Crippen LogP contribution in [0.1, 0.15) is 150 Å². The number of hydroxylamine groups is 6. The van der Waals surface area contributed by atoms with E-state index >= 15 is 0 Å². The monoisotopic (exact) mass is 1130 g/mol. The van der Waals surface area contributed by atoms with Crippen molar-refractivity contribution < 1.29 is 101 Å². The first-order valence-corrected chi connectivity index (χ1v) is 27.0. The van der Waals surface area contributed by atoms with Crippen molar-refractivity contribution in [3.05, 3.63) is 11.6 Å². The molecule has 25 heteroatoms. The number of ether oxygens (including phenoxy) is 2. The average molecular weight is 1130 g/mol. The van der Waals surface area contributed by atoms with Gasteiger partial charge in [-0.05, 0) is 137 Å². The third kappa shape index (κ3) is 16.4. The van der Waals surface area contributed by atoms with Crippen molar-refractivity contribution in [2.45, 2.75) is 186 Å². The minimum absolute atomic E-state index is 0. The van der Waals surface area contributed by atoms with Crippen molar-refractivity contribution >= 4 is 53.3 Å². The molecule has 5 rings (SSSR count). The second-order valence-corrected chi connectivity index (χ2v) is 22.2. The molecule has 10 N–H and O–H groups in total. The normalized spacial score (nSPS) is 28.3. The SMILES string of the molecule is CC(=O)N(O)CCC[C@H](NC(=O)[C@H](CCCN(O)C(C)=O)NC(=O)[C@H](CCCN(O)C(C)=O)NC(=O)CCCCCNC(=O)CO[C@H]1CC[C@@]2(C)[C@H](CC[C@@H]3[C@H]2C[C@@H](O)[C@]2(C)[C@@H](C4=CC(=O)OC4)CC[C@]32O)C1)C(=O)O.[Fe]. The second-order valence-electron chi connectivity index (χ2n) is 22.2. The maximum Gasteiger partial charge on any atom is 0.331 e. The van der Waals surface area contributed by atoms with Gasteiger partial charge in [0.25, 0.3) is 0 Å². The number of aliphatic carboxylic acids is 1. The standard InChI is InChI=1S/C52H83N7O17.Fe/c1-31(60)57(72)23-9-12-40(47(67)55-41(13-10-24-58(73)32(2)61)48(68)56-42(49(69)70)14-11-25-59(74)33(3)62)54-44(64)15-7-6-8-22-53-45(65)30-75-36-18-20-50(4)35(27-36)16-17-38-39(50)28-43(63)51(5)37(19-21-52(38,51)71)34-26-46(66)76-29-34;/h26,35-43,63,71-74H,6-25,27-30H2,1-5H3,(H,53,65)(H,54,64)(H,55,67)(H,56,68)(H,69,70);/t35-,36+,37-,38-,39-,40+,41+,42+,43-,50+,51+,52+;/m1./s1. The van der Waals surface area contributed by atoms with Gasteiger partial charge in [0, 0.05) is 81.9 Å². The number of unbranched alkanes of at least 4 members (excludes halogenated alkanes) is 2. The summed E-state index contributed by atoms with van der Waals surface area (Å²) in [6, 6.07) is -4.21. The van der Waals surface area contributed by atoms with Crippen LogP contribution in [0.5, 0.6) is 0 Å². The van der Waals surface area contributed by atoms with E-state index in [4.69, 9.17) is 9.47 Å². The number of carbonyl (C=O) groups excluding carboxylic acids is 8. The number of carbonyl (C=O) groups is 9. The largest absolute Gasteiger partial charge is 0.480 e. The molecule has 4 aliphatic carbocycles. The molecule has 0 saturated heterocycles. The number of hydrogen-bond donors (Lipinski definition) is 10. The molecule has 0 spiro atoms. The number of nitrogens with zero attached hydrogens (tertiary/aromatic N) is 3. The fourth-order valence-corrected chi connectivity index (χ4v) is 13.0. The van der Waals surface area contributed by atoms with Crippen LogP contribution >= 0.6 is 0 Å². The summed E-state index contributed by atoms with van der Waals surface area (Å²) >= 11 is 0. The summed E-state index contributed by atoms with van der Waals surface area (Å²) in [6.45, 7) is 7.42. The van der Waals surface area contributed by atoms with Gasteiger partial charge in [-0.1, -0.05) is 20.3 Å². The first-order valence-electron chi connectivity index (χ1n) is 27.0. The third-order valence-electron chi connectivity index (χ3n) is 17.5. The topological polar surface area (TPSA) is 351 Å². The number of rotatable bonds is 28. The van der Waals surface area contributed by atoms with Crippen molar-refractivity contribution in [2.75, 3.05) is 39.4 Å². The molecule has 5 aliphatic rings. The smallest absolute Gasteiger partial charge is 0.331 e. The Labute approximate surface area is 460 Å². The fourth-order valence-electron chi connectivity index (χ4n) is 13.0. The Morgan fingerprint density at radius 2 is 1.27 bits per heavy atom. The number of carboxylic acid groups (broad SMARTS) is 1. The predicted octanol–water partition coefficient (Wildman–Crippen LogP) is 1.87. The Hall–Kier alpha value is -4.75. The molecule has 4 saturated carbocycles. The molecule has 0 unspecified atom stereocenters. The Morgan fingerprint density at radius 1 is 0.714 bits per heavy atom. The van der Waals surface area contributed by atoms with Gasteiger partial charge in [0.2, 0.25) is 41.4 Å². The van der Waals surface area contributed by atoms with Crippen LogP contribution < -0.4 is 21.3 Å². The van der Waals surface area contributed by atoms with Crippen LogP contribution in [-0.2, 0) is 69.7 Å². The summed E-state index contributed by atoms with van der Waals surface area (Å²) in [5, 5.41) is 75.3. The molecule has 4 fully saturated rings. The summed E-state index contributed by atoms with van der Waals surface area (Å²) in [5.41, 5.74) is -1.08. The van der Waals surface area contributed by atoms with E-state index in [9.17, 15) is 74.1 Å². The van der Waals surface area contributed by atoms with Crippen molar-refractivity contribution in [1.29, 1.82) is 0 Å². The van der Waals surface area contributed by atoms with E-state index in [1.54, 1.807) is 0 Å². The van der Waals surface area contributed by atoms with E-state index in [1.165, 1.54) is 6.08 Å². The van der Waals surface area contributed by atoms with Crippen LogP contribution in [0, 0.1) is 34.5 Å². The molecule has 0 aromatic carbocycles. The van der Waals surface area contributed by atoms with Gasteiger partial charge in [0.1, 0.15) is 31.3 Å². The third-order valence-corrected chi connectivity index (χ3v) is 17.5. The maximum atomic E-state index is 13.8. The van der Waals surface area contributed by atoms with Crippen molar-refractivity contribution in [3.8, 4) is 0 Å². The van der Waals surface area contributed by atoms with Crippen LogP contribution in [-0.4, -0.2) is 175 Å². The molecule has 24 nitrogen and oxygen atoms in total. The first-order chi connectivity index (χ1) is 35.8. The minimum Gasteiger partial charge on any atom is -0.480 e. The van der Waals surface area contributed by atoms with Gasteiger partial charge >= 0.3 is 11.9 Å². The summed E-state index contributed by atoms with van der Waals surface area (Å²) < 4.78 is 11.4. The molecule has 1 heterocycles. The maximum absolute atomic E-state index is 13.8. The zero-order valence-corrected chi connectivity index (χ0v) is 46.2. The summed E-state index contributed by atoms with van der Waals surface area (Å²) in [5.74, 6) is -6.07. The molecule has 0 aromatic heterocycles. The Morgan fingerprint density at radius 3 is 1.82 bits per heavy atom. The quantitative estimate of drug-likeness (QED) is 0.0176. The number of hydrogen-bond acceptors (Lipinski definition) is 16. The summed E-state index contributed by atoms with van der Waals surface area (Å²) in [6.07, 6.45) is 7.58. The molecule has 0 radical (unpaired) electrons. The predicted molar refractivity (Wildman–Crippen MR) is 267 cm³/mol. The Bertz CT molecular complexity index is 2150. The van der Waals surface area contributed by atoms with Gasteiger partial charge in [-0.2, -0.15) is 0 Å². The Kier molecular flexibility index (Phi) is 24.3. The number of esters is 1. The number of nitrogens with one attached hydrogen (secondary N) is 4. The van der Waals surface area contributed by atoms with Gasteiger partial charge in [-0.15, -0.1) is 0 Å². The van der Waals surface area contributed by atoms with Gasteiger partial charge in [-0.25, -0.2) is 24.8 Å². The molecule has 0 bridgehead atoms. The van der Waals surface area contributed by atoms with Crippen LogP contribution in [0.25, 0.3) is 0 Å². The number of aliphatic hydroxyl groups excluding tert-OH is 1. The van der Waals surface area contributed by atoms with Crippen molar-refractivity contribution in [1.82, 2.24) is 36.5 Å². The van der Waals surface area contributed by atoms with E-state index in [2.05, 4.69) is 28.2 Å².